The van der Waals surface area contributed by atoms with Crippen molar-refractivity contribution < 1.29 is 14.3 Å². The largest absolute Gasteiger partial charge is 0.462 e. The maximum atomic E-state index is 12.2. The molecular formula is C18H22N4O3. The molecule has 0 saturated heterocycles. The lowest BCUT2D eigenvalue weighted by atomic mass is 10.2. The number of amides is 1. The van der Waals surface area contributed by atoms with Crippen molar-refractivity contribution in [3.63, 3.8) is 0 Å². The van der Waals surface area contributed by atoms with Crippen molar-refractivity contribution >= 4 is 23.4 Å². The fourth-order valence-corrected chi connectivity index (χ4v) is 1.96. The van der Waals surface area contributed by atoms with Crippen LogP contribution in [0.15, 0.2) is 36.4 Å². The smallest absolute Gasteiger partial charge is 0.338 e. The molecule has 2 aromatic rings. The Hall–Kier alpha value is -2.96. The topological polar surface area (TPSA) is 93.2 Å². The molecule has 0 unspecified atom stereocenters. The standard InChI is InChI=1S/C18H22N4O3/c1-4-25-18(24)13-5-7-14(8-6-13)20-17(23)15-9-10-16(22-21-15)19-11-12(2)3/h5-10,12H,4,11H2,1-3H3,(H,19,22)(H,20,23). The summed E-state index contributed by atoms with van der Waals surface area (Å²) in [6.45, 7) is 7.03. The van der Waals surface area contributed by atoms with Crippen LogP contribution in [0.25, 0.3) is 0 Å². The maximum Gasteiger partial charge on any atom is 0.338 e. The first kappa shape index (κ1) is 18.4. The summed E-state index contributed by atoms with van der Waals surface area (Å²) in [5.74, 6) is 0.355. The number of carbonyl (C=O) groups excluding carboxylic acids is 2. The molecule has 0 aliphatic heterocycles. The third kappa shape index (κ3) is 5.56. The molecule has 0 atom stereocenters. The van der Waals surface area contributed by atoms with Gasteiger partial charge >= 0.3 is 5.97 Å². The van der Waals surface area contributed by atoms with E-state index in [1.165, 1.54) is 0 Å². The number of nitrogens with zero attached hydrogens (tertiary/aromatic N) is 2. The fourth-order valence-electron chi connectivity index (χ4n) is 1.96. The molecule has 2 rings (SSSR count). The summed E-state index contributed by atoms with van der Waals surface area (Å²) < 4.78 is 4.91. The summed E-state index contributed by atoms with van der Waals surface area (Å²) in [6.07, 6.45) is 0. The van der Waals surface area contributed by atoms with Gasteiger partial charge in [-0.25, -0.2) is 4.79 Å². The van der Waals surface area contributed by atoms with E-state index in [-0.39, 0.29) is 11.6 Å². The zero-order valence-electron chi connectivity index (χ0n) is 14.6. The molecule has 7 heteroatoms. The van der Waals surface area contributed by atoms with E-state index in [1.807, 2.05) is 0 Å². The molecule has 7 nitrogen and oxygen atoms in total. The molecule has 0 radical (unpaired) electrons. The van der Waals surface area contributed by atoms with Crippen LogP contribution in [0.1, 0.15) is 41.6 Å². The molecule has 0 spiro atoms. The number of benzene rings is 1. The number of anilines is 2. The van der Waals surface area contributed by atoms with E-state index in [9.17, 15) is 9.59 Å². The highest BCUT2D eigenvalue weighted by molar-refractivity contribution is 6.03. The van der Waals surface area contributed by atoms with Crippen molar-refractivity contribution in [3.05, 3.63) is 47.7 Å². The van der Waals surface area contributed by atoms with Crippen LogP contribution in [0.3, 0.4) is 0 Å². The molecule has 0 aliphatic rings. The van der Waals surface area contributed by atoms with Crippen LogP contribution < -0.4 is 10.6 Å². The first-order valence-corrected chi connectivity index (χ1v) is 8.15. The lowest BCUT2D eigenvalue weighted by molar-refractivity contribution is 0.0526. The van der Waals surface area contributed by atoms with Gasteiger partial charge in [0.05, 0.1) is 12.2 Å². The number of aromatic nitrogens is 2. The summed E-state index contributed by atoms with van der Waals surface area (Å²) >= 11 is 0. The second-order valence-corrected chi connectivity index (χ2v) is 5.83. The van der Waals surface area contributed by atoms with Crippen LogP contribution >= 0.6 is 0 Å². The van der Waals surface area contributed by atoms with Gasteiger partial charge in [-0.05, 0) is 49.2 Å². The van der Waals surface area contributed by atoms with Crippen LogP contribution in [0.4, 0.5) is 11.5 Å². The second kappa shape index (κ2) is 8.77. The lowest BCUT2D eigenvalue weighted by Crippen LogP contribution is -2.16. The fraction of sp³-hybridized carbons (Fsp3) is 0.333. The van der Waals surface area contributed by atoms with Gasteiger partial charge in [0.15, 0.2) is 5.69 Å². The zero-order chi connectivity index (χ0) is 18.2. The van der Waals surface area contributed by atoms with E-state index in [4.69, 9.17) is 4.74 Å². The molecule has 0 aliphatic carbocycles. The van der Waals surface area contributed by atoms with Gasteiger partial charge in [-0.15, -0.1) is 10.2 Å². The molecule has 1 amide bonds. The summed E-state index contributed by atoms with van der Waals surface area (Å²) in [4.78, 5) is 23.8. The summed E-state index contributed by atoms with van der Waals surface area (Å²) in [5.41, 5.74) is 1.20. The molecular weight excluding hydrogens is 320 g/mol. The molecule has 1 aromatic carbocycles. The number of carbonyl (C=O) groups is 2. The van der Waals surface area contributed by atoms with Crippen LogP contribution in [0.5, 0.6) is 0 Å². The van der Waals surface area contributed by atoms with Crippen molar-refractivity contribution in [1.29, 1.82) is 0 Å². The van der Waals surface area contributed by atoms with E-state index in [0.29, 0.717) is 29.6 Å². The Labute approximate surface area is 146 Å². The Morgan fingerprint density at radius 3 is 2.36 bits per heavy atom. The predicted molar refractivity (Wildman–Crippen MR) is 95.7 cm³/mol. The van der Waals surface area contributed by atoms with Gasteiger partial charge in [0, 0.05) is 12.2 Å². The van der Waals surface area contributed by atoms with Gasteiger partial charge in [-0.1, -0.05) is 13.8 Å². The maximum absolute atomic E-state index is 12.2. The number of ether oxygens (including phenoxy) is 1. The molecule has 0 saturated carbocycles. The van der Waals surface area contributed by atoms with E-state index < -0.39 is 5.97 Å². The molecule has 0 bridgehead atoms. The number of rotatable bonds is 7. The van der Waals surface area contributed by atoms with Crippen molar-refractivity contribution in [2.45, 2.75) is 20.8 Å². The average Bonchev–Trinajstić information content (AvgIpc) is 2.61. The average molecular weight is 342 g/mol. The van der Waals surface area contributed by atoms with Crippen molar-refractivity contribution in [1.82, 2.24) is 10.2 Å². The molecule has 2 N–H and O–H groups in total. The lowest BCUT2D eigenvalue weighted by Gasteiger charge is -2.08. The van der Waals surface area contributed by atoms with Crippen LogP contribution in [0, 0.1) is 5.92 Å². The van der Waals surface area contributed by atoms with Crippen molar-refractivity contribution in [2.24, 2.45) is 5.92 Å². The van der Waals surface area contributed by atoms with Crippen LogP contribution in [0.2, 0.25) is 0 Å². The monoisotopic (exact) mass is 342 g/mol. The minimum absolute atomic E-state index is 0.213. The third-order valence-corrected chi connectivity index (χ3v) is 3.24. The van der Waals surface area contributed by atoms with Gasteiger partial charge in [0.25, 0.3) is 5.91 Å². The first-order chi connectivity index (χ1) is 12.0. The highest BCUT2D eigenvalue weighted by Gasteiger charge is 2.10. The second-order valence-electron chi connectivity index (χ2n) is 5.83. The number of hydrogen-bond donors (Lipinski definition) is 2. The van der Waals surface area contributed by atoms with Crippen LogP contribution in [-0.2, 0) is 4.74 Å². The summed E-state index contributed by atoms with van der Waals surface area (Å²) in [5, 5.41) is 13.8. The molecule has 25 heavy (non-hydrogen) atoms. The predicted octanol–water partition coefficient (Wildman–Crippen LogP) is 2.97. The SMILES string of the molecule is CCOC(=O)c1ccc(NC(=O)c2ccc(NCC(C)C)nn2)cc1. The highest BCUT2D eigenvalue weighted by atomic mass is 16.5. The van der Waals surface area contributed by atoms with Gasteiger partial charge in [0.1, 0.15) is 5.82 Å². The van der Waals surface area contributed by atoms with Gasteiger partial charge in [0.2, 0.25) is 0 Å². The normalized spacial score (nSPS) is 10.4. The Morgan fingerprint density at radius 1 is 1.08 bits per heavy atom. The van der Waals surface area contributed by atoms with E-state index in [2.05, 4.69) is 34.7 Å². The summed E-state index contributed by atoms with van der Waals surface area (Å²) in [6, 6.07) is 9.79. The van der Waals surface area contributed by atoms with Crippen LogP contribution in [-0.4, -0.2) is 35.2 Å². The molecule has 1 aromatic heterocycles. The number of nitrogens with one attached hydrogen (secondary N) is 2. The van der Waals surface area contributed by atoms with Gasteiger partial charge < -0.3 is 15.4 Å². The molecule has 0 fully saturated rings. The van der Waals surface area contributed by atoms with Crippen molar-refractivity contribution in [3.8, 4) is 0 Å². The summed E-state index contributed by atoms with van der Waals surface area (Å²) in [7, 11) is 0. The Bertz CT molecular complexity index is 712. The zero-order valence-corrected chi connectivity index (χ0v) is 14.6. The van der Waals surface area contributed by atoms with E-state index in [0.717, 1.165) is 6.54 Å². The van der Waals surface area contributed by atoms with Crippen molar-refractivity contribution in [2.75, 3.05) is 23.8 Å². The Kier molecular flexibility index (Phi) is 6.45. The molecule has 132 valence electrons. The van der Waals surface area contributed by atoms with Gasteiger partial charge in [-0.2, -0.15) is 0 Å². The van der Waals surface area contributed by atoms with E-state index in [1.54, 1.807) is 43.3 Å². The van der Waals surface area contributed by atoms with Gasteiger partial charge in [-0.3, -0.25) is 4.79 Å². The number of esters is 1. The third-order valence-electron chi connectivity index (χ3n) is 3.24. The number of hydrogen-bond acceptors (Lipinski definition) is 6. The highest BCUT2D eigenvalue weighted by Crippen LogP contribution is 2.12. The minimum atomic E-state index is -0.393. The molecule has 1 heterocycles. The minimum Gasteiger partial charge on any atom is -0.462 e. The Morgan fingerprint density at radius 2 is 1.80 bits per heavy atom. The van der Waals surface area contributed by atoms with E-state index >= 15 is 0 Å². The first-order valence-electron chi connectivity index (χ1n) is 8.15. The quantitative estimate of drug-likeness (QED) is 0.752. The Balaban J connectivity index is 1.96.